The third kappa shape index (κ3) is 4.88. The molecular formula is C23H25N3O2. The van der Waals surface area contributed by atoms with Crippen molar-refractivity contribution in [2.45, 2.75) is 20.3 Å². The van der Waals surface area contributed by atoms with Crippen molar-refractivity contribution in [1.82, 2.24) is 10.3 Å². The van der Waals surface area contributed by atoms with Gasteiger partial charge >= 0.3 is 0 Å². The normalized spacial score (nSPS) is 10.4. The fraction of sp³-hybridized carbons (Fsp3) is 0.217. The topological polar surface area (TPSA) is 63.2 Å². The molecule has 28 heavy (non-hydrogen) atoms. The molecule has 0 radical (unpaired) electrons. The summed E-state index contributed by atoms with van der Waals surface area (Å²) in [6.07, 6.45) is 2.37. The number of hydrogen-bond donors (Lipinski definition) is 2. The summed E-state index contributed by atoms with van der Waals surface area (Å²) < 4.78 is 5.33. The molecule has 0 saturated heterocycles. The molecule has 0 aliphatic heterocycles. The molecule has 0 fully saturated rings. The zero-order chi connectivity index (χ0) is 19.9. The van der Waals surface area contributed by atoms with Gasteiger partial charge in [0.1, 0.15) is 11.4 Å². The van der Waals surface area contributed by atoms with Crippen LogP contribution in [0.3, 0.4) is 0 Å². The Balaban J connectivity index is 1.57. The Labute approximate surface area is 165 Å². The van der Waals surface area contributed by atoms with Crippen LogP contribution in [-0.4, -0.2) is 24.5 Å². The molecule has 5 heteroatoms. The standard InChI is InChI=1S/C23H25N3O2/c1-16-8-9-17(2)21(14-16)26-19-10-11-20(25-15-19)23(27)24-13-12-18-6-4-5-7-22(18)28-3/h4-11,14-15,26H,12-13H2,1-3H3,(H,24,27). The van der Waals surface area contributed by atoms with E-state index in [4.69, 9.17) is 4.74 Å². The number of para-hydroxylation sites is 1. The second kappa shape index (κ2) is 9.04. The third-order valence-electron chi connectivity index (χ3n) is 4.54. The van der Waals surface area contributed by atoms with Gasteiger partial charge in [0.25, 0.3) is 5.91 Å². The molecule has 0 aliphatic carbocycles. The van der Waals surface area contributed by atoms with Crippen LogP contribution < -0.4 is 15.4 Å². The fourth-order valence-electron chi connectivity index (χ4n) is 2.94. The van der Waals surface area contributed by atoms with Crippen molar-refractivity contribution in [2.24, 2.45) is 0 Å². The van der Waals surface area contributed by atoms with E-state index in [-0.39, 0.29) is 5.91 Å². The van der Waals surface area contributed by atoms with Gasteiger partial charge in [0.2, 0.25) is 0 Å². The summed E-state index contributed by atoms with van der Waals surface area (Å²) in [4.78, 5) is 16.6. The number of nitrogens with one attached hydrogen (secondary N) is 2. The molecule has 0 spiro atoms. The molecule has 1 amide bonds. The van der Waals surface area contributed by atoms with Gasteiger partial charge in [-0.3, -0.25) is 4.79 Å². The number of carbonyl (C=O) groups is 1. The van der Waals surface area contributed by atoms with Gasteiger partial charge in [0.15, 0.2) is 0 Å². The van der Waals surface area contributed by atoms with Crippen LogP contribution in [0.25, 0.3) is 0 Å². The average molecular weight is 375 g/mol. The van der Waals surface area contributed by atoms with Crippen molar-refractivity contribution in [3.63, 3.8) is 0 Å². The number of benzene rings is 2. The van der Waals surface area contributed by atoms with Gasteiger partial charge in [-0.1, -0.05) is 30.3 Å². The number of nitrogens with zero attached hydrogens (tertiary/aromatic N) is 1. The summed E-state index contributed by atoms with van der Waals surface area (Å²) in [5.41, 5.74) is 5.68. The van der Waals surface area contributed by atoms with Crippen LogP contribution in [0.4, 0.5) is 11.4 Å². The quantitative estimate of drug-likeness (QED) is 0.641. The Hall–Kier alpha value is -3.34. The highest BCUT2D eigenvalue weighted by atomic mass is 16.5. The van der Waals surface area contributed by atoms with Crippen LogP contribution in [0.15, 0.2) is 60.8 Å². The number of aryl methyl sites for hydroxylation is 2. The predicted molar refractivity (Wildman–Crippen MR) is 112 cm³/mol. The van der Waals surface area contributed by atoms with Gasteiger partial charge in [-0.05, 0) is 61.2 Å². The van der Waals surface area contributed by atoms with Crippen LogP contribution in [0.1, 0.15) is 27.2 Å². The molecule has 1 aromatic heterocycles. The Morgan fingerprint density at radius 3 is 2.64 bits per heavy atom. The minimum Gasteiger partial charge on any atom is -0.496 e. The van der Waals surface area contributed by atoms with E-state index < -0.39 is 0 Å². The molecule has 5 nitrogen and oxygen atoms in total. The van der Waals surface area contributed by atoms with Crippen molar-refractivity contribution in [2.75, 3.05) is 19.0 Å². The van der Waals surface area contributed by atoms with Gasteiger partial charge in [-0.2, -0.15) is 0 Å². The van der Waals surface area contributed by atoms with Gasteiger partial charge < -0.3 is 15.4 Å². The number of amides is 1. The maximum Gasteiger partial charge on any atom is 0.269 e. The molecule has 0 saturated carbocycles. The number of methoxy groups -OCH3 is 1. The highest BCUT2D eigenvalue weighted by Gasteiger charge is 2.08. The largest absolute Gasteiger partial charge is 0.496 e. The molecular weight excluding hydrogens is 350 g/mol. The first-order valence-electron chi connectivity index (χ1n) is 9.27. The highest BCUT2D eigenvalue weighted by molar-refractivity contribution is 5.92. The van der Waals surface area contributed by atoms with E-state index >= 15 is 0 Å². The highest BCUT2D eigenvalue weighted by Crippen LogP contribution is 2.21. The molecule has 2 aromatic carbocycles. The molecule has 0 atom stereocenters. The molecule has 1 heterocycles. The molecule has 3 rings (SSSR count). The van der Waals surface area contributed by atoms with E-state index in [1.54, 1.807) is 19.4 Å². The van der Waals surface area contributed by atoms with Crippen LogP contribution in [0.2, 0.25) is 0 Å². The van der Waals surface area contributed by atoms with Crippen molar-refractivity contribution in [1.29, 1.82) is 0 Å². The van der Waals surface area contributed by atoms with Crippen molar-refractivity contribution in [3.05, 3.63) is 83.2 Å². The lowest BCUT2D eigenvalue weighted by Gasteiger charge is -2.11. The number of aromatic nitrogens is 1. The summed E-state index contributed by atoms with van der Waals surface area (Å²) in [6, 6.07) is 17.6. The third-order valence-corrected chi connectivity index (χ3v) is 4.54. The first-order valence-corrected chi connectivity index (χ1v) is 9.27. The summed E-state index contributed by atoms with van der Waals surface area (Å²) >= 11 is 0. The summed E-state index contributed by atoms with van der Waals surface area (Å²) in [5.74, 6) is 0.643. The lowest BCUT2D eigenvalue weighted by molar-refractivity contribution is 0.0949. The van der Waals surface area contributed by atoms with Crippen LogP contribution in [0.5, 0.6) is 5.75 Å². The van der Waals surface area contributed by atoms with Crippen LogP contribution >= 0.6 is 0 Å². The Morgan fingerprint density at radius 1 is 1.07 bits per heavy atom. The second-order valence-electron chi connectivity index (χ2n) is 6.69. The minimum absolute atomic E-state index is 0.187. The second-order valence-corrected chi connectivity index (χ2v) is 6.69. The van der Waals surface area contributed by atoms with E-state index in [9.17, 15) is 4.79 Å². The molecule has 144 valence electrons. The lowest BCUT2D eigenvalue weighted by Crippen LogP contribution is -2.26. The Kier molecular flexibility index (Phi) is 6.27. The van der Waals surface area contributed by atoms with Gasteiger partial charge in [-0.25, -0.2) is 4.98 Å². The SMILES string of the molecule is COc1ccccc1CCNC(=O)c1ccc(Nc2cc(C)ccc2C)cn1. The van der Waals surface area contributed by atoms with Crippen LogP contribution in [-0.2, 0) is 6.42 Å². The fourth-order valence-corrected chi connectivity index (χ4v) is 2.94. The van der Waals surface area contributed by atoms with E-state index in [1.807, 2.05) is 30.3 Å². The maximum absolute atomic E-state index is 12.3. The summed E-state index contributed by atoms with van der Waals surface area (Å²) in [6.45, 7) is 4.63. The van der Waals surface area contributed by atoms with E-state index in [0.717, 1.165) is 28.3 Å². The summed E-state index contributed by atoms with van der Waals surface area (Å²) in [5, 5.41) is 6.26. The van der Waals surface area contributed by atoms with E-state index in [2.05, 4.69) is 47.7 Å². The number of carbonyl (C=O) groups excluding carboxylic acids is 1. The zero-order valence-electron chi connectivity index (χ0n) is 16.5. The predicted octanol–water partition coefficient (Wildman–Crippen LogP) is 4.42. The molecule has 0 aliphatic rings. The molecule has 2 N–H and O–H groups in total. The van der Waals surface area contributed by atoms with Gasteiger partial charge in [0, 0.05) is 12.2 Å². The van der Waals surface area contributed by atoms with Crippen molar-refractivity contribution in [3.8, 4) is 5.75 Å². The monoisotopic (exact) mass is 375 g/mol. The Morgan fingerprint density at radius 2 is 1.89 bits per heavy atom. The van der Waals surface area contributed by atoms with E-state index in [0.29, 0.717) is 18.7 Å². The van der Waals surface area contributed by atoms with Gasteiger partial charge in [0.05, 0.1) is 19.0 Å². The van der Waals surface area contributed by atoms with Crippen molar-refractivity contribution >= 4 is 17.3 Å². The molecule has 0 unspecified atom stereocenters. The minimum atomic E-state index is -0.187. The maximum atomic E-state index is 12.3. The smallest absolute Gasteiger partial charge is 0.269 e. The molecule has 3 aromatic rings. The number of hydrogen-bond acceptors (Lipinski definition) is 4. The number of rotatable bonds is 7. The lowest BCUT2D eigenvalue weighted by atomic mass is 10.1. The van der Waals surface area contributed by atoms with Crippen molar-refractivity contribution < 1.29 is 9.53 Å². The molecule has 0 bridgehead atoms. The van der Waals surface area contributed by atoms with Gasteiger partial charge in [-0.15, -0.1) is 0 Å². The number of anilines is 2. The zero-order valence-corrected chi connectivity index (χ0v) is 16.5. The first kappa shape index (κ1) is 19.4. The number of ether oxygens (including phenoxy) is 1. The number of pyridine rings is 1. The Bertz CT molecular complexity index is 952. The average Bonchev–Trinajstić information content (AvgIpc) is 2.71. The first-order chi connectivity index (χ1) is 13.6. The summed E-state index contributed by atoms with van der Waals surface area (Å²) in [7, 11) is 1.65. The van der Waals surface area contributed by atoms with Crippen LogP contribution in [0, 0.1) is 13.8 Å². The van der Waals surface area contributed by atoms with E-state index in [1.165, 1.54) is 5.56 Å².